The molecule has 1 N–H and O–H groups in total. The van der Waals surface area contributed by atoms with Crippen molar-refractivity contribution in [2.45, 2.75) is 32.0 Å². The van der Waals surface area contributed by atoms with E-state index in [1.807, 2.05) is 0 Å². The van der Waals surface area contributed by atoms with E-state index in [1.54, 1.807) is 0 Å². The van der Waals surface area contributed by atoms with Crippen molar-refractivity contribution < 1.29 is 19.2 Å². The van der Waals surface area contributed by atoms with Crippen molar-refractivity contribution in [3.05, 3.63) is 15.8 Å². The Morgan fingerprint density at radius 1 is 1.72 bits per heavy atom. The first kappa shape index (κ1) is 12.7. The van der Waals surface area contributed by atoms with Crippen molar-refractivity contribution in [3.63, 3.8) is 0 Å². The number of nitrogens with zero attached hydrogens (tertiary/aromatic N) is 3. The molecule has 1 fully saturated rings. The lowest BCUT2D eigenvalue weighted by molar-refractivity contribution is -0.386. The number of aromatic nitrogens is 2. The minimum absolute atomic E-state index is 0.0917. The Labute approximate surface area is 102 Å². The summed E-state index contributed by atoms with van der Waals surface area (Å²) in [5.41, 5.74) is -2.00. The van der Waals surface area contributed by atoms with Gasteiger partial charge in [0.1, 0.15) is 5.69 Å². The highest BCUT2D eigenvalue weighted by Gasteiger charge is 2.42. The van der Waals surface area contributed by atoms with E-state index in [2.05, 4.69) is 5.10 Å². The van der Waals surface area contributed by atoms with Crippen LogP contribution in [0.3, 0.4) is 0 Å². The third kappa shape index (κ3) is 1.92. The molecule has 18 heavy (non-hydrogen) atoms. The van der Waals surface area contributed by atoms with Crippen LogP contribution in [0.25, 0.3) is 0 Å². The molecule has 0 saturated carbocycles. The van der Waals surface area contributed by atoms with E-state index in [0.29, 0.717) is 13.0 Å². The maximum Gasteiger partial charge on any atom is 0.352 e. The fraction of sp³-hybridized carbons (Fsp3) is 0.700. The summed E-state index contributed by atoms with van der Waals surface area (Å²) >= 11 is 0. The van der Waals surface area contributed by atoms with Crippen LogP contribution < -0.4 is 0 Å². The molecule has 0 spiro atoms. The summed E-state index contributed by atoms with van der Waals surface area (Å²) in [6.45, 7) is 3.07. The summed E-state index contributed by atoms with van der Waals surface area (Å²) < 4.78 is 20.5. The number of halogens is 1. The quantitative estimate of drug-likeness (QED) is 0.642. The van der Waals surface area contributed by atoms with Gasteiger partial charge in [-0.2, -0.15) is 0 Å². The maximum atomic E-state index is 14.3. The number of aromatic hydroxyl groups is 1. The molecule has 1 aliphatic heterocycles. The van der Waals surface area contributed by atoms with Crippen molar-refractivity contribution >= 4 is 5.69 Å². The first-order valence-corrected chi connectivity index (χ1v) is 5.53. The molecule has 1 saturated heterocycles. The van der Waals surface area contributed by atoms with Crippen LogP contribution >= 0.6 is 0 Å². The molecular formula is C10H14FN3O4. The van der Waals surface area contributed by atoms with Crippen LogP contribution in [0.5, 0.6) is 5.88 Å². The van der Waals surface area contributed by atoms with Crippen molar-refractivity contribution in [3.8, 4) is 5.88 Å². The zero-order valence-corrected chi connectivity index (χ0v) is 10.1. The fourth-order valence-corrected chi connectivity index (χ4v) is 2.25. The van der Waals surface area contributed by atoms with Gasteiger partial charge in [-0.3, -0.25) is 14.8 Å². The summed E-state index contributed by atoms with van der Waals surface area (Å²) in [5, 5.41) is 23.9. The summed E-state index contributed by atoms with van der Waals surface area (Å²) in [6.07, 6.45) is 0.353. The van der Waals surface area contributed by atoms with Gasteiger partial charge < -0.3 is 9.84 Å². The van der Waals surface area contributed by atoms with E-state index in [1.165, 1.54) is 18.5 Å². The molecule has 1 aromatic rings. The van der Waals surface area contributed by atoms with Gasteiger partial charge in [-0.05, 0) is 20.3 Å². The van der Waals surface area contributed by atoms with Crippen LogP contribution in [0.15, 0.2) is 0 Å². The van der Waals surface area contributed by atoms with Gasteiger partial charge in [0.2, 0.25) is 0 Å². The molecule has 2 heterocycles. The molecule has 8 heteroatoms. The number of hydrogen-bond acceptors (Lipinski definition) is 5. The molecule has 0 aromatic carbocycles. The van der Waals surface area contributed by atoms with Gasteiger partial charge in [-0.1, -0.05) is 0 Å². The highest BCUT2D eigenvalue weighted by molar-refractivity contribution is 5.44. The minimum Gasteiger partial charge on any atom is -0.487 e. The molecule has 0 amide bonds. The van der Waals surface area contributed by atoms with Gasteiger partial charge in [-0.15, -0.1) is 5.10 Å². The third-order valence-electron chi connectivity index (χ3n) is 3.19. The lowest BCUT2D eigenvalue weighted by Gasteiger charge is -2.34. The molecule has 1 aliphatic rings. The molecule has 7 nitrogen and oxygen atoms in total. The van der Waals surface area contributed by atoms with Crippen LogP contribution in [-0.4, -0.2) is 38.7 Å². The molecule has 100 valence electrons. The number of alkyl halides is 1. The molecule has 0 radical (unpaired) electrons. The molecule has 1 aromatic heterocycles. The van der Waals surface area contributed by atoms with Gasteiger partial charge in [0.25, 0.3) is 0 Å². The van der Waals surface area contributed by atoms with E-state index in [0.717, 1.165) is 0 Å². The third-order valence-corrected chi connectivity index (χ3v) is 3.19. The minimum atomic E-state index is -1.67. The van der Waals surface area contributed by atoms with Crippen LogP contribution in [0, 0.1) is 17.0 Å². The first-order valence-electron chi connectivity index (χ1n) is 5.53. The van der Waals surface area contributed by atoms with Gasteiger partial charge in [0, 0.05) is 6.61 Å². The van der Waals surface area contributed by atoms with Crippen LogP contribution in [-0.2, 0) is 4.74 Å². The van der Waals surface area contributed by atoms with E-state index in [-0.39, 0.29) is 12.3 Å². The van der Waals surface area contributed by atoms with Crippen molar-refractivity contribution in [1.29, 1.82) is 0 Å². The molecule has 0 bridgehead atoms. The van der Waals surface area contributed by atoms with Crippen molar-refractivity contribution in [2.75, 3.05) is 13.2 Å². The normalized spacial score (nSPS) is 28.3. The second-order valence-electron chi connectivity index (χ2n) is 4.59. The molecule has 0 aliphatic carbocycles. The lowest BCUT2D eigenvalue weighted by atomic mass is 9.94. The molecule has 2 rings (SSSR count). The van der Waals surface area contributed by atoms with Crippen LogP contribution in [0.4, 0.5) is 10.1 Å². The summed E-state index contributed by atoms with van der Waals surface area (Å²) in [4.78, 5) is 10.1. The Morgan fingerprint density at radius 2 is 2.39 bits per heavy atom. The predicted octanol–water partition coefficient (Wildman–Crippen LogP) is 1.49. The Bertz CT molecular complexity index is 486. The SMILES string of the molecule is Cc1c([N+](=O)[O-])c(O)nn1C1CCOCC1(C)F. The lowest BCUT2D eigenvalue weighted by Crippen LogP contribution is -2.42. The van der Waals surface area contributed by atoms with Crippen molar-refractivity contribution in [1.82, 2.24) is 9.78 Å². The van der Waals surface area contributed by atoms with Gasteiger partial charge in [-0.25, -0.2) is 4.39 Å². The highest BCUT2D eigenvalue weighted by atomic mass is 19.1. The summed E-state index contributed by atoms with van der Waals surface area (Å²) in [5.74, 6) is -0.681. The topological polar surface area (TPSA) is 90.4 Å². The fourth-order valence-electron chi connectivity index (χ4n) is 2.25. The molecular weight excluding hydrogens is 245 g/mol. The van der Waals surface area contributed by atoms with Crippen LogP contribution in [0.1, 0.15) is 25.1 Å². The second kappa shape index (κ2) is 4.20. The van der Waals surface area contributed by atoms with E-state index < -0.39 is 28.2 Å². The Morgan fingerprint density at radius 3 is 2.89 bits per heavy atom. The monoisotopic (exact) mass is 259 g/mol. The highest BCUT2D eigenvalue weighted by Crippen LogP contribution is 2.38. The molecule has 2 atom stereocenters. The first-order chi connectivity index (χ1) is 8.34. The van der Waals surface area contributed by atoms with Crippen LogP contribution in [0.2, 0.25) is 0 Å². The Kier molecular flexibility index (Phi) is 2.97. The molecule has 2 unspecified atom stereocenters. The van der Waals surface area contributed by atoms with E-state index in [9.17, 15) is 19.6 Å². The van der Waals surface area contributed by atoms with Crippen molar-refractivity contribution in [2.24, 2.45) is 0 Å². The van der Waals surface area contributed by atoms with Gasteiger partial charge in [0.15, 0.2) is 5.67 Å². The summed E-state index contributed by atoms with van der Waals surface area (Å²) in [6, 6.07) is -0.675. The average Bonchev–Trinajstić information content (AvgIpc) is 2.53. The summed E-state index contributed by atoms with van der Waals surface area (Å²) in [7, 11) is 0. The number of hydrogen-bond donors (Lipinski definition) is 1. The Hall–Kier alpha value is -1.70. The predicted molar refractivity (Wildman–Crippen MR) is 59.3 cm³/mol. The zero-order chi connectivity index (χ0) is 13.5. The van der Waals surface area contributed by atoms with Gasteiger partial charge >= 0.3 is 11.6 Å². The van der Waals surface area contributed by atoms with Gasteiger partial charge in [0.05, 0.1) is 17.6 Å². The van der Waals surface area contributed by atoms with E-state index >= 15 is 0 Å². The standard InChI is InChI=1S/C10H14FN3O4/c1-6-8(14(16)17)9(15)12-13(6)7-3-4-18-5-10(7,2)11/h7H,3-5H2,1-2H3,(H,12,15). The average molecular weight is 259 g/mol. The second-order valence-corrected chi connectivity index (χ2v) is 4.59. The Balaban J connectivity index is 2.45. The number of ether oxygens (including phenoxy) is 1. The smallest absolute Gasteiger partial charge is 0.352 e. The number of nitro groups is 1. The number of rotatable bonds is 2. The largest absolute Gasteiger partial charge is 0.487 e. The van der Waals surface area contributed by atoms with E-state index in [4.69, 9.17) is 4.74 Å². The zero-order valence-electron chi connectivity index (χ0n) is 10.1. The maximum absolute atomic E-state index is 14.3.